The second kappa shape index (κ2) is 8.38. The Morgan fingerprint density at radius 2 is 1.88 bits per heavy atom. The Labute approximate surface area is 149 Å². The van der Waals surface area contributed by atoms with Crippen molar-refractivity contribution in [1.82, 2.24) is 4.90 Å². The van der Waals surface area contributed by atoms with Crippen molar-refractivity contribution in [2.75, 3.05) is 27.3 Å². The van der Waals surface area contributed by atoms with Crippen molar-refractivity contribution >= 4 is 5.91 Å². The number of amides is 1. The topological polar surface area (TPSA) is 38.8 Å². The molecule has 1 amide bonds. The Hall–Kier alpha value is -2.75. The zero-order chi connectivity index (χ0) is 18.4. The molecule has 1 aliphatic rings. The Kier molecular flexibility index (Phi) is 6.23. The van der Waals surface area contributed by atoms with E-state index in [1.165, 1.54) is 0 Å². The van der Waals surface area contributed by atoms with Crippen LogP contribution in [0.4, 0.5) is 0 Å². The fourth-order valence-corrected chi connectivity index (χ4v) is 2.83. The van der Waals surface area contributed by atoms with E-state index in [0.717, 1.165) is 28.9 Å². The molecule has 2 rings (SSSR count). The van der Waals surface area contributed by atoms with E-state index in [2.05, 4.69) is 13.2 Å². The molecular formula is C21H25NO3. The molecule has 0 aromatic heterocycles. The van der Waals surface area contributed by atoms with E-state index < -0.39 is 0 Å². The first kappa shape index (κ1) is 18.6. The van der Waals surface area contributed by atoms with Crippen LogP contribution in [0.1, 0.15) is 22.8 Å². The van der Waals surface area contributed by atoms with Crippen LogP contribution in [-0.4, -0.2) is 38.1 Å². The van der Waals surface area contributed by atoms with Gasteiger partial charge in [0, 0.05) is 19.2 Å². The maximum Gasteiger partial charge on any atom is 0.258 e. The highest BCUT2D eigenvalue weighted by molar-refractivity contribution is 5.98. The molecule has 0 atom stereocenters. The molecule has 0 saturated carbocycles. The molecule has 132 valence electrons. The molecule has 1 aromatic carbocycles. The Balaban J connectivity index is 2.26. The summed E-state index contributed by atoms with van der Waals surface area (Å²) in [6.07, 6.45) is 8.32. The van der Waals surface area contributed by atoms with Gasteiger partial charge in [-0.25, -0.2) is 0 Å². The largest absolute Gasteiger partial charge is 0.496 e. The number of rotatable bonds is 7. The summed E-state index contributed by atoms with van der Waals surface area (Å²) < 4.78 is 10.8. The highest BCUT2D eigenvalue weighted by atomic mass is 16.5. The van der Waals surface area contributed by atoms with Crippen LogP contribution in [0, 0.1) is 0 Å². The molecule has 1 aromatic rings. The monoisotopic (exact) mass is 339 g/mol. The molecule has 0 N–H and O–H groups in total. The summed E-state index contributed by atoms with van der Waals surface area (Å²) in [4.78, 5) is 14.8. The quantitative estimate of drug-likeness (QED) is 0.706. The third-order valence-corrected chi connectivity index (χ3v) is 4.27. The van der Waals surface area contributed by atoms with Crippen molar-refractivity contribution in [3.8, 4) is 11.5 Å². The number of carbonyl (C=O) groups is 1. The van der Waals surface area contributed by atoms with E-state index in [9.17, 15) is 4.79 Å². The molecular weight excluding hydrogens is 314 g/mol. The predicted molar refractivity (Wildman–Crippen MR) is 101 cm³/mol. The zero-order valence-electron chi connectivity index (χ0n) is 15.2. The van der Waals surface area contributed by atoms with Crippen LogP contribution in [0.5, 0.6) is 11.5 Å². The number of hydrogen-bond donors (Lipinski definition) is 0. The number of methoxy groups -OCH3 is 2. The van der Waals surface area contributed by atoms with Crippen molar-refractivity contribution in [2.24, 2.45) is 0 Å². The minimum absolute atomic E-state index is 0.0485. The molecule has 0 fully saturated rings. The van der Waals surface area contributed by atoms with E-state index >= 15 is 0 Å². The molecule has 1 heterocycles. The summed E-state index contributed by atoms with van der Waals surface area (Å²) in [5, 5.41) is 0. The second-order valence-electron chi connectivity index (χ2n) is 5.74. The molecule has 25 heavy (non-hydrogen) atoms. The van der Waals surface area contributed by atoms with Crippen LogP contribution >= 0.6 is 0 Å². The van der Waals surface area contributed by atoms with E-state index in [1.54, 1.807) is 37.3 Å². The first-order valence-corrected chi connectivity index (χ1v) is 8.27. The van der Waals surface area contributed by atoms with Gasteiger partial charge in [0.2, 0.25) is 0 Å². The van der Waals surface area contributed by atoms with Gasteiger partial charge in [-0.1, -0.05) is 44.4 Å². The maximum absolute atomic E-state index is 13.0. The van der Waals surface area contributed by atoms with Crippen LogP contribution in [0.2, 0.25) is 0 Å². The van der Waals surface area contributed by atoms with Gasteiger partial charge in [-0.15, -0.1) is 0 Å². The molecule has 0 saturated heterocycles. The van der Waals surface area contributed by atoms with E-state index in [-0.39, 0.29) is 5.91 Å². The highest BCUT2D eigenvalue weighted by Crippen LogP contribution is 2.31. The number of benzene rings is 1. The minimum atomic E-state index is -0.0485. The molecule has 0 radical (unpaired) electrons. The first-order chi connectivity index (χ1) is 12.1. The number of aryl methyl sites for hydroxylation is 1. The number of nitrogens with zero attached hydrogens (tertiary/aromatic N) is 1. The van der Waals surface area contributed by atoms with Crippen molar-refractivity contribution in [1.29, 1.82) is 0 Å². The first-order valence-electron chi connectivity index (χ1n) is 8.27. The normalized spacial score (nSPS) is 13.1. The van der Waals surface area contributed by atoms with Gasteiger partial charge in [0.15, 0.2) is 0 Å². The lowest BCUT2D eigenvalue weighted by Crippen LogP contribution is -2.29. The fourth-order valence-electron chi connectivity index (χ4n) is 2.83. The number of hydrogen-bond acceptors (Lipinski definition) is 3. The third-order valence-electron chi connectivity index (χ3n) is 4.27. The Morgan fingerprint density at radius 1 is 1.20 bits per heavy atom. The molecule has 0 aliphatic carbocycles. The zero-order valence-corrected chi connectivity index (χ0v) is 15.2. The third kappa shape index (κ3) is 4.02. The van der Waals surface area contributed by atoms with Gasteiger partial charge in [-0.05, 0) is 29.2 Å². The lowest BCUT2D eigenvalue weighted by atomic mass is 10.0. The van der Waals surface area contributed by atoms with Crippen LogP contribution < -0.4 is 9.47 Å². The number of ether oxygens (including phenoxy) is 2. The van der Waals surface area contributed by atoms with E-state index in [0.29, 0.717) is 24.4 Å². The summed E-state index contributed by atoms with van der Waals surface area (Å²) in [5.74, 6) is 1.22. The molecule has 0 spiro atoms. The fraction of sp³-hybridized carbons (Fsp3) is 0.286. The average Bonchev–Trinajstić information content (AvgIpc) is 3.12. The van der Waals surface area contributed by atoms with Crippen molar-refractivity contribution < 1.29 is 14.3 Å². The van der Waals surface area contributed by atoms with Gasteiger partial charge in [0.25, 0.3) is 5.91 Å². The van der Waals surface area contributed by atoms with Gasteiger partial charge in [-0.3, -0.25) is 4.79 Å². The van der Waals surface area contributed by atoms with Crippen LogP contribution in [0.3, 0.4) is 0 Å². The maximum atomic E-state index is 13.0. The van der Waals surface area contributed by atoms with Crippen LogP contribution in [0.15, 0.2) is 60.7 Å². The highest BCUT2D eigenvalue weighted by Gasteiger charge is 2.24. The van der Waals surface area contributed by atoms with Crippen LogP contribution in [0.25, 0.3) is 0 Å². The Bertz CT molecular complexity index is 734. The van der Waals surface area contributed by atoms with Crippen molar-refractivity contribution in [3.05, 3.63) is 71.9 Å². The summed E-state index contributed by atoms with van der Waals surface area (Å²) in [7, 11) is 3.18. The number of allylic oxidation sites excluding steroid dienone is 3. The van der Waals surface area contributed by atoms with E-state index in [1.807, 2.05) is 25.1 Å². The minimum Gasteiger partial charge on any atom is -0.496 e. The Morgan fingerprint density at radius 3 is 2.44 bits per heavy atom. The van der Waals surface area contributed by atoms with Gasteiger partial charge in [-0.2, -0.15) is 0 Å². The summed E-state index contributed by atoms with van der Waals surface area (Å²) in [5.41, 5.74) is 3.56. The summed E-state index contributed by atoms with van der Waals surface area (Å²) >= 11 is 0. The smallest absolute Gasteiger partial charge is 0.258 e. The molecule has 0 bridgehead atoms. The molecule has 4 nitrogen and oxygen atoms in total. The van der Waals surface area contributed by atoms with Gasteiger partial charge < -0.3 is 14.4 Å². The molecule has 0 unspecified atom stereocenters. The van der Waals surface area contributed by atoms with Crippen molar-refractivity contribution in [3.63, 3.8) is 0 Å². The SMILES string of the molecule is C=CC(C=C)=CC1=CCN(C(=O)c2cc(CC)c(OC)cc2OC)C1. The van der Waals surface area contributed by atoms with Crippen LogP contribution in [-0.2, 0) is 6.42 Å². The average molecular weight is 339 g/mol. The van der Waals surface area contributed by atoms with Crippen molar-refractivity contribution in [2.45, 2.75) is 13.3 Å². The van der Waals surface area contributed by atoms with Gasteiger partial charge >= 0.3 is 0 Å². The second-order valence-corrected chi connectivity index (χ2v) is 5.74. The lowest BCUT2D eigenvalue weighted by Gasteiger charge is -2.19. The molecule has 1 aliphatic heterocycles. The predicted octanol–water partition coefficient (Wildman–Crippen LogP) is 3.95. The summed E-state index contributed by atoms with van der Waals surface area (Å²) in [6, 6.07) is 3.65. The number of carbonyl (C=O) groups excluding carboxylic acids is 1. The summed E-state index contributed by atoms with van der Waals surface area (Å²) in [6.45, 7) is 10.7. The van der Waals surface area contributed by atoms with Gasteiger partial charge in [0.05, 0.1) is 19.8 Å². The lowest BCUT2D eigenvalue weighted by molar-refractivity contribution is 0.0795. The molecule has 4 heteroatoms. The van der Waals surface area contributed by atoms with E-state index in [4.69, 9.17) is 9.47 Å². The standard InChI is InChI=1S/C21H25NO3/c1-6-15(7-2)11-16-9-10-22(14-16)21(23)18-12-17(8-3)19(24-4)13-20(18)25-5/h6-7,9,11-13H,1-2,8,10,14H2,3-5H3. The van der Waals surface area contributed by atoms with Gasteiger partial charge in [0.1, 0.15) is 11.5 Å².